The second-order valence-corrected chi connectivity index (χ2v) is 5.45. The van der Waals surface area contributed by atoms with E-state index in [1.165, 1.54) is 30.3 Å². The van der Waals surface area contributed by atoms with Gasteiger partial charge in [-0.3, -0.25) is 14.9 Å². The van der Waals surface area contributed by atoms with Crippen molar-refractivity contribution in [2.45, 2.75) is 25.5 Å². The number of esters is 1. The van der Waals surface area contributed by atoms with E-state index in [9.17, 15) is 19.7 Å². The molecule has 0 spiro atoms. The van der Waals surface area contributed by atoms with E-state index in [4.69, 9.17) is 4.74 Å². The topological polar surface area (TPSA) is 89.8 Å². The monoisotopic (exact) mass is 330 g/mol. The molecule has 0 fully saturated rings. The Hall–Kier alpha value is -2.96. The Morgan fingerprint density at radius 2 is 2.17 bits per heavy atom. The van der Waals surface area contributed by atoms with Gasteiger partial charge in [0.2, 0.25) is 0 Å². The lowest BCUT2D eigenvalue weighted by Gasteiger charge is -2.35. The van der Waals surface area contributed by atoms with Crippen molar-refractivity contribution in [1.82, 2.24) is 4.90 Å². The summed E-state index contributed by atoms with van der Waals surface area (Å²) < 4.78 is 5.43. The van der Waals surface area contributed by atoms with Crippen molar-refractivity contribution in [2.75, 3.05) is 6.54 Å². The van der Waals surface area contributed by atoms with Gasteiger partial charge in [0.25, 0.3) is 5.69 Å². The predicted octanol–water partition coefficient (Wildman–Crippen LogP) is 2.48. The van der Waals surface area contributed by atoms with Gasteiger partial charge in [-0.1, -0.05) is 6.08 Å². The predicted molar refractivity (Wildman–Crippen MR) is 87.4 cm³/mol. The Morgan fingerprint density at radius 3 is 2.75 bits per heavy atom. The number of non-ortho nitro benzene ring substituents is 1. The van der Waals surface area contributed by atoms with Crippen molar-refractivity contribution in [3.8, 4) is 0 Å². The second-order valence-electron chi connectivity index (χ2n) is 5.45. The Morgan fingerprint density at radius 1 is 1.50 bits per heavy atom. The van der Waals surface area contributed by atoms with E-state index in [1.54, 1.807) is 19.2 Å². The molecule has 2 atom stereocenters. The average Bonchev–Trinajstić information content (AvgIpc) is 2.56. The molecule has 0 aliphatic carbocycles. The molecule has 0 radical (unpaired) electrons. The van der Waals surface area contributed by atoms with Gasteiger partial charge in [-0.2, -0.15) is 0 Å². The van der Waals surface area contributed by atoms with Crippen LogP contribution in [0.3, 0.4) is 0 Å². The van der Waals surface area contributed by atoms with Crippen LogP contribution in [-0.4, -0.2) is 40.3 Å². The zero-order chi connectivity index (χ0) is 17.7. The number of carbonyl (C=O) groups excluding carboxylic acids is 2. The standard InChI is InChI=1S/C17H18N2O5/c1-3-9-18-10-8-15(20)11-16(18)12(2)24-17(21)13-4-6-14(7-5-13)19(22)23/h3-8,10,12,16H,1,9,11H2,2H3/t12-,16-/m1/s1. The normalized spacial score (nSPS) is 18.1. The number of ketones is 1. The fraction of sp³-hybridized carbons (Fsp3) is 0.294. The molecule has 0 N–H and O–H groups in total. The van der Waals surface area contributed by atoms with Crippen LogP contribution in [0.4, 0.5) is 5.69 Å². The number of nitro groups is 1. The lowest BCUT2D eigenvalue weighted by molar-refractivity contribution is -0.384. The highest BCUT2D eigenvalue weighted by Gasteiger charge is 2.29. The molecule has 0 saturated heterocycles. The van der Waals surface area contributed by atoms with Crippen molar-refractivity contribution < 1.29 is 19.2 Å². The molecule has 24 heavy (non-hydrogen) atoms. The number of hydrogen-bond donors (Lipinski definition) is 0. The van der Waals surface area contributed by atoms with Crippen LogP contribution in [0.2, 0.25) is 0 Å². The largest absolute Gasteiger partial charge is 0.457 e. The molecule has 2 rings (SSSR count). The summed E-state index contributed by atoms with van der Waals surface area (Å²) in [7, 11) is 0. The number of carbonyl (C=O) groups is 2. The van der Waals surface area contributed by atoms with Gasteiger partial charge in [-0.25, -0.2) is 4.79 Å². The molecule has 0 saturated carbocycles. The highest BCUT2D eigenvalue weighted by Crippen LogP contribution is 2.20. The molecule has 0 aromatic heterocycles. The second kappa shape index (κ2) is 7.54. The van der Waals surface area contributed by atoms with Crippen molar-refractivity contribution in [3.63, 3.8) is 0 Å². The molecule has 126 valence electrons. The smallest absolute Gasteiger partial charge is 0.338 e. The molecule has 0 unspecified atom stereocenters. The highest BCUT2D eigenvalue weighted by molar-refractivity contribution is 5.91. The number of hydrogen-bond acceptors (Lipinski definition) is 6. The third-order valence-electron chi connectivity index (χ3n) is 3.78. The van der Waals surface area contributed by atoms with E-state index in [0.29, 0.717) is 6.54 Å². The fourth-order valence-corrected chi connectivity index (χ4v) is 2.50. The van der Waals surface area contributed by atoms with Crippen molar-refractivity contribution in [3.05, 3.63) is 64.9 Å². The van der Waals surface area contributed by atoms with Gasteiger partial charge in [0.15, 0.2) is 5.78 Å². The Labute approximate surface area is 139 Å². The first-order valence-corrected chi connectivity index (χ1v) is 7.45. The lowest BCUT2D eigenvalue weighted by atomic mass is 10.0. The third kappa shape index (κ3) is 4.07. The van der Waals surface area contributed by atoms with E-state index < -0.39 is 17.0 Å². The van der Waals surface area contributed by atoms with Gasteiger partial charge in [-0.15, -0.1) is 6.58 Å². The zero-order valence-corrected chi connectivity index (χ0v) is 13.3. The summed E-state index contributed by atoms with van der Waals surface area (Å²) in [5, 5.41) is 10.6. The van der Waals surface area contributed by atoms with E-state index in [-0.39, 0.29) is 29.5 Å². The molecule has 1 aliphatic rings. The van der Waals surface area contributed by atoms with E-state index >= 15 is 0 Å². The average molecular weight is 330 g/mol. The first-order valence-electron chi connectivity index (χ1n) is 7.45. The van der Waals surface area contributed by atoms with Crippen LogP contribution < -0.4 is 0 Å². The maximum absolute atomic E-state index is 12.2. The minimum absolute atomic E-state index is 0.0291. The molecule has 7 nitrogen and oxygen atoms in total. The number of benzene rings is 1. The first-order chi connectivity index (χ1) is 11.4. The van der Waals surface area contributed by atoms with Crippen molar-refractivity contribution in [1.29, 1.82) is 0 Å². The number of allylic oxidation sites excluding steroid dienone is 1. The summed E-state index contributed by atoms with van der Waals surface area (Å²) >= 11 is 0. The number of ether oxygens (including phenoxy) is 1. The third-order valence-corrected chi connectivity index (χ3v) is 3.78. The Balaban J connectivity index is 2.06. The molecule has 1 aromatic rings. The van der Waals surface area contributed by atoms with Gasteiger partial charge < -0.3 is 9.64 Å². The van der Waals surface area contributed by atoms with Crippen molar-refractivity contribution in [2.24, 2.45) is 0 Å². The highest BCUT2D eigenvalue weighted by atomic mass is 16.6. The van der Waals surface area contributed by atoms with Crippen molar-refractivity contribution >= 4 is 17.4 Å². The van der Waals surface area contributed by atoms with Gasteiger partial charge in [0.1, 0.15) is 6.10 Å². The van der Waals surface area contributed by atoms with Crippen LogP contribution in [-0.2, 0) is 9.53 Å². The van der Waals surface area contributed by atoms with E-state index in [2.05, 4.69) is 6.58 Å². The van der Waals surface area contributed by atoms with Crippen LogP contribution in [0.1, 0.15) is 23.7 Å². The van der Waals surface area contributed by atoms with E-state index in [1.807, 2.05) is 4.90 Å². The van der Waals surface area contributed by atoms with Gasteiger partial charge in [-0.05, 0) is 25.1 Å². The number of nitro benzene ring substituents is 1. The summed E-state index contributed by atoms with van der Waals surface area (Å²) in [6, 6.07) is 4.92. The Kier molecular flexibility index (Phi) is 5.47. The number of rotatable bonds is 6. The SMILES string of the molecule is C=CCN1C=CC(=O)C[C@@H]1[C@@H](C)OC(=O)c1ccc([N+](=O)[O-])cc1. The van der Waals surface area contributed by atoms with Crippen LogP contribution in [0.5, 0.6) is 0 Å². The Bertz CT molecular complexity index is 681. The maximum atomic E-state index is 12.2. The summed E-state index contributed by atoms with van der Waals surface area (Å²) in [5.41, 5.74) is 0.125. The summed E-state index contributed by atoms with van der Waals surface area (Å²) in [6.07, 6.45) is 4.59. The van der Waals surface area contributed by atoms with Gasteiger partial charge >= 0.3 is 5.97 Å². The van der Waals surface area contributed by atoms with Crippen LogP contribution in [0.15, 0.2) is 49.2 Å². The van der Waals surface area contributed by atoms with Crippen LogP contribution >= 0.6 is 0 Å². The molecule has 0 bridgehead atoms. The van der Waals surface area contributed by atoms with Crippen LogP contribution in [0, 0.1) is 10.1 Å². The number of nitrogens with zero attached hydrogens (tertiary/aromatic N) is 2. The molecular formula is C17H18N2O5. The van der Waals surface area contributed by atoms with E-state index in [0.717, 1.165) is 0 Å². The summed E-state index contributed by atoms with van der Waals surface area (Å²) in [6.45, 7) is 5.93. The quantitative estimate of drug-likeness (QED) is 0.344. The zero-order valence-electron chi connectivity index (χ0n) is 13.3. The van der Waals surface area contributed by atoms with Crippen LogP contribution in [0.25, 0.3) is 0 Å². The lowest BCUT2D eigenvalue weighted by Crippen LogP contribution is -2.44. The minimum Gasteiger partial charge on any atom is -0.457 e. The fourth-order valence-electron chi connectivity index (χ4n) is 2.50. The molecule has 0 amide bonds. The maximum Gasteiger partial charge on any atom is 0.338 e. The first kappa shape index (κ1) is 17.4. The molecule has 7 heteroatoms. The molecular weight excluding hydrogens is 312 g/mol. The summed E-state index contributed by atoms with van der Waals surface area (Å²) in [4.78, 5) is 35.8. The minimum atomic E-state index is -0.585. The summed E-state index contributed by atoms with van der Waals surface area (Å²) in [5.74, 6) is -0.614. The molecule has 1 aliphatic heterocycles. The van der Waals surface area contributed by atoms with Gasteiger partial charge in [0.05, 0.1) is 16.5 Å². The van der Waals surface area contributed by atoms with Gasteiger partial charge in [0, 0.05) is 31.3 Å². The molecule has 1 heterocycles. The molecule has 1 aromatic carbocycles.